The minimum Gasteiger partial charge on any atom is -0.468 e. The van der Waals surface area contributed by atoms with E-state index in [1.165, 1.54) is 25.1 Å². The molecule has 0 amide bonds. The topological polar surface area (TPSA) is 96.4 Å². The lowest BCUT2D eigenvalue weighted by molar-refractivity contribution is -0.141. The van der Waals surface area contributed by atoms with Gasteiger partial charge in [-0.15, -0.1) is 0 Å². The quantitative estimate of drug-likeness (QED) is 0.675. The fraction of sp³-hybridized carbons (Fsp3) is 0.375. The van der Waals surface area contributed by atoms with Crippen molar-refractivity contribution in [1.82, 2.24) is 9.55 Å². The van der Waals surface area contributed by atoms with Crippen molar-refractivity contribution in [2.75, 3.05) is 20.0 Å². The molecule has 1 rings (SSSR count). The van der Waals surface area contributed by atoms with Gasteiger partial charge in [-0.2, -0.15) is 0 Å². The molecule has 0 saturated heterocycles. The van der Waals surface area contributed by atoms with Crippen LogP contribution in [0.3, 0.4) is 0 Å². The zero-order valence-corrected chi connectivity index (χ0v) is 8.39. The number of esters is 2. The molecule has 0 radical (unpaired) electrons. The highest BCUT2D eigenvalue weighted by Crippen LogP contribution is 2.10. The van der Waals surface area contributed by atoms with Gasteiger partial charge in [0.15, 0.2) is 5.69 Å². The van der Waals surface area contributed by atoms with Crippen molar-refractivity contribution in [1.29, 1.82) is 0 Å². The number of anilines is 1. The summed E-state index contributed by atoms with van der Waals surface area (Å²) in [7, 11) is 2.48. The second-order valence-electron chi connectivity index (χ2n) is 2.67. The zero-order valence-electron chi connectivity index (χ0n) is 8.39. The Labute approximate surface area is 85.8 Å². The maximum atomic E-state index is 11.1. The van der Waals surface area contributed by atoms with Crippen LogP contribution in [-0.2, 0) is 20.8 Å². The van der Waals surface area contributed by atoms with Crippen molar-refractivity contribution in [2.24, 2.45) is 0 Å². The largest absolute Gasteiger partial charge is 0.468 e. The number of hydrogen-bond donors (Lipinski definition) is 1. The smallest absolute Gasteiger partial charge is 0.360 e. The fourth-order valence-corrected chi connectivity index (χ4v) is 0.975. The minimum atomic E-state index is -0.642. The molecule has 0 aliphatic heterocycles. The van der Waals surface area contributed by atoms with E-state index in [9.17, 15) is 9.59 Å². The molecule has 0 unspecified atom stereocenters. The standard InChI is InChI=1S/C8H11N3O4/c1-14-5(12)3-11-4-10-6(7(11)9)8(13)15-2/h4H,3,9H2,1-2H3. The lowest BCUT2D eigenvalue weighted by Gasteiger charge is -2.03. The Bertz CT molecular complexity index is 385. The molecule has 0 bridgehead atoms. The molecule has 15 heavy (non-hydrogen) atoms. The Morgan fingerprint density at radius 1 is 1.47 bits per heavy atom. The average molecular weight is 213 g/mol. The van der Waals surface area contributed by atoms with Crippen LogP contribution in [0.2, 0.25) is 0 Å². The first-order valence-corrected chi connectivity index (χ1v) is 4.06. The highest BCUT2D eigenvalue weighted by atomic mass is 16.5. The molecular formula is C8H11N3O4. The van der Waals surface area contributed by atoms with Crippen LogP contribution in [0.1, 0.15) is 10.5 Å². The zero-order chi connectivity index (χ0) is 11.4. The summed E-state index contributed by atoms with van der Waals surface area (Å²) in [4.78, 5) is 25.8. The molecule has 0 aliphatic carbocycles. The highest BCUT2D eigenvalue weighted by Gasteiger charge is 2.17. The van der Waals surface area contributed by atoms with Crippen LogP contribution in [0, 0.1) is 0 Å². The first-order valence-electron chi connectivity index (χ1n) is 4.06. The van der Waals surface area contributed by atoms with Gasteiger partial charge in [0.2, 0.25) is 0 Å². The lowest BCUT2D eigenvalue weighted by Crippen LogP contribution is -2.14. The third-order valence-electron chi connectivity index (χ3n) is 1.78. The summed E-state index contributed by atoms with van der Waals surface area (Å²) in [5.41, 5.74) is 5.56. The van der Waals surface area contributed by atoms with Gasteiger partial charge in [0.05, 0.1) is 20.5 Å². The van der Waals surface area contributed by atoms with Crippen molar-refractivity contribution in [3.05, 3.63) is 12.0 Å². The number of carbonyl (C=O) groups is 2. The Kier molecular flexibility index (Phi) is 3.27. The summed E-state index contributed by atoms with van der Waals surface area (Å²) in [6, 6.07) is 0. The van der Waals surface area contributed by atoms with Gasteiger partial charge in [-0.3, -0.25) is 4.79 Å². The Hall–Kier alpha value is -2.05. The number of nitrogen functional groups attached to an aromatic ring is 1. The van der Waals surface area contributed by atoms with Gasteiger partial charge in [-0.25, -0.2) is 9.78 Å². The molecule has 7 nitrogen and oxygen atoms in total. The van der Waals surface area contributed by atoms with Crippen molar-refractivity contribution in [2.45, 2.75) is 6.54 Å². The second kappa shape index (κ2) is 4.45. The maximum Gasteiger partial charge on any atom is 0.360 e. The SMILES string of the molecule is COC(=O)Cn1cnc(C(=O)OC)c1N. The Morgan fingerprint density at radius 3 is 2.67 bits per heavy atom. The number of imidazole rings is 1. The lowest BCUT2D eigenvalue weighted by atomic mass is 10.4. The van der Waals surface area contributed by atoms with E-state index in [4.69, 9.17) is 5.73 Å². The van der Waals surface area contributed by atoms with E-state index in [1.807, 2.05) is 0 Å². The molecule has 0 aliphatic rings. The summed E-state index contributed by atoms with van der Waals surface area (Å²) in [6.45, 7) is -0.0909. The van der Waals surface area contributed by atoms with E-state index < -0.39 is 11.9 Å². The van der Waals surface area contributed by atoms with Crippen LogP contribution in [0.25, 0.3) is 0 Å². The summed E-state index contributed by atoms with van der Waals surface area (Å²) in [5, 5.41) is 0. The fourth-order valence-electron chi connectivity index (χ4n) is 0.975. The van der Waals surface area contributed by atoms with Crippen LogP contribution >= 0.6 is 0 Å². The van der Waals surface area contributed by atoms with Crippen LogP contribution in [0.15, 0.2) is 6.33 Å². The van der Waals surface area contributed by atoms with E-state index in [2.05, 4.69) is 14.5 Å². The van der Waals surface area contributed by atoms with Gasteiger partial charge in [0.1, 0.15) is 12.4 Å². The monoisotopic (exact) mass is 213 g/mol. The number of nitrogens with zero attached hydrogens (tertiary/aromatic N) is 2. The molecule has 0 atom stereocenters. The Morgan fingerprint density at radius 2 is 2.13 bits per heavy atom. The maximum absolute atomic E-state index is 11.1. The molecule has 2 N–H and O–H groups in total. The molecule has 0 spiro atoms. The van der Waals surface area contributed by atoms with Crippen LogP contribution in [0.4, 0.5) is 5.82 Å². The predicted octanol–water partition coefficient (Wildman–Crippen LogP) is -0.575. The van der Waals surface area contributed by atoms with Gasteiger partial charge in [0.25, 0.3) is 0 Å². The number of nitrogens with two attached hydrogens (primary N) is 1. The molecule has 7 heteroatoms. The van der Waals surface area contributed by atoms with Crippen molar-refractivity contribution in [3.63, 3.8) is 0 Å². The predicted molar refractivity (Wildman–Crippen MR) is 50.0 cm³/mol. The normalized spacial score (nSPS) is 9.73. The van der Waals surface area contributed by atoms with Crippen molar-refractivity contribution in [3.8, 4) is 0 Å². The van der Waals surface area contributed by atoms with E-state index in [0.717, 1.165) is 0 Å². The van der Waals surface area contributed by atoms with Gasteiger partial charge >= 0.3 is 11.9 Å². The molecule has 82 valence electrons. The third kappa shape index (κ3) is 2.25. The number of ether oxygens (including phenoxy) is 2. The van der Waals surface area contributed by atoms with E-state index in [-0.39, 0.29) is 18.1 Å². The number of rotatable bonds is 3. The van der Waals surface area contributed by atoms with E-state index >= 15 is 0 Å². The van der Waals surface area contributed by atoms with Crippen molar-refractivity contribution < 1.29 is 19.1 Å². The van der Waals surface area contributed by atoms with Crippen LogP contribution < -0.4 is 5.73 Å². The first kappa shape index (κ1) is 11.0. The molecule has 0 saturated carbocycles. The summed E-state index contributed by atoms with van der Waals surface area (Å²) in [5.74, 6) is -1.04. The third-order valence-corrected chi connectivity index (χ3v) is 1.78. The van der Waals surface area contributed by atoms with Crippen LogP contribution in [0.5, 0.6) is 0 Å². The van der Waals surface area contributed by atoms with Gasteiger partial charge in [-0.1, -0.05) is 0 Å². The number of aromatic nitrogens is 2. The molecule has 1 heterocycles. The molecular weight excluding hydrogens is 202 g/mol. The summed E-state index contributed by atoms with van der Waals surface area (Å²) in [6.07, 6.45) is 1.28. The van der Waals surface area contributed by atoms with Crippen LogP contribution in [-0.4, -0.2) is 35.7 Å². The number of hydrogen-bond acceptors (Lipinski definition) is 6. The van der Waals surface area contributed by atoms with Crippen molar-refractivity contribution >= 4 is 17.8 Å². The average Bonchev–Trinajstić information content (AvgIpc) is 2.59. The van der Waals surface area contributed by atoms with Gasteiger partial charge < -0.3 is 19.8 Å². The number of methoxy groups -OCH3 is 2. The molecule has 0 aromatic carbocycles. The van der Waals surface area contributed by atoms with Gasteiger partial charge in [-0.05, 0) is 0 Å². The Balaban J connectivity index is 2.89. The van der Waals surface area contributed by atoms with E-state index in [1.54, 1.807) is 0 Å². The number of carbonyl (C=O) groups excluding carboxylic acids is 2. The highest BCUT2D eigenvalue weighted by molar-refractivity contribution is 5.92. The molecule has 1 aromatic heterocycles. The summed E-state index contributed by atoms with van der Waals surface area (Å²) >= 11 is 0. The van der Waals surface area contributed by atoms with Gasteiger partial charge in [0, 0.05) is 0 Å². The second-order valence-corrected chi connectivity index (χ2v) is 2.67. The first-order chi connectivity index (χ1) is 7.10. The molecule has 1 aromatic rings. The summed E-state index contributed by atoms with van der Waals surface area (Å²) < 4.78 is 10.2. The molecule has 0 fully saturated rings. The van der Waals surface area contributed by atoms with E-state index in [0.29, 0.717) is 0 Å². The minimum absolute atomic E-state index is 0.0126.